The first-order valence-electron chi connectivity index (χ1n) is 5.32. The molecular weight excluding hydrogens is 220 g/mol. The van der Waals surface area contributed by atoms with Gasteiger partial charge in [0.15, 0.2) is 0 Å². The average molecular weight is 232 g/mol. The maximum atomic E-state index is 11.7. The number of fused-ring (bicyclic) bond motifs is 1. The van der Waals surface area contributed by atoms with Crippen molar-refractivity contribution in [2.45, 2.75) is 12.8 Å². The zero-order chi connectivity index (χ0) is 12.3. The Labute approximate surface area is 98.6 Å². The van der Waals surface area contributed by atoms with E-state index in [4.69, 9.17) is 0 Å². The fraction of sp³-hybridized carbons (Fsp3) is 0.333. The highest BCUT2D eigenvalue weighted by Crippen LogP contribution is 2.17. The number of allylic oxidation sites excluding steroid dienone is 3. The third-order valence-corrected chi connectivity index (χ3v) is 2.54. The lowest BCUT2D eigenvalue weighted by atomic mass is 9.96. The Morgan fingerprint density at radius 1 is 1.41 bits per heavy atom. The van der Waals surface area contributed by atoms with Crippen LogP contribution in [0.2, 0.25) is 0 Å². The number of aliphatic imine (C=N–C) groups is 2. The van der Waals surface area contributed by atoms with E-state index in [9.17, 15) is 9.59 Å². The Balaban J connectivity index is 2.08. The van der Waals surface area contributed by atoms with Gasteiger partial charge in [0.05, 0.1) is 19.2 Å². The summed E-state index contributed by atoms with van der Waals surface area (Å²) in [6.45, 7) is 0. The van der Waals surface area contributed by atoms with Crippen molar-refractivity contribution in [2.75, 3.05) is 7.11 Å². The molecule has 0 aromatic carbocycles. The summed E-state index contributed by atoms with van der Waals surface area (Å²) in [4.78, 5) is 30.8. The molecule has 0 bridgehead atoms. The Morgan fingerprint density at radius 2 is 2.24 bits per heavy atom. The molecule has 0 radical (unpaired) electrons. The van der Waals surface area contributed by atoms with E-state index >= 15 is 0 Å². The van der Waals surface area contributed by atoms with Crippen LogP contribution in [-0.2, 0) is 14.3 Å². The van der Waals surface area contributed by atoms with E-state index in [2.05, 4.69) is 14.7 Å². The molecule has 5 heteroatoms. The number of hydrogen-bond acceptors (Lipinski definition) is 4. The molecule has 1 heterocycles. The van der Waals surface area contributed by atoms with Crippen molar-refractivity contribution in [3.05, 3.63) is 24.3 Å². The minimum atomic E-state index is -0.359. The van der Waals surface area contributed by atoms with Crippen LogP contribution in [-0.4, -0.2) is 30.5 Å². The van der Waals surface area contributed by atoms with Crippen molar-refractivity contribution in [1.29, 1.82) is 0 Å². The maximum Gasteiger partial charge on any atom is 0.305 e. The summed E-state index contributed by atoms with van der Waals surface area (Å²) < 4.78 is 4.52. The molecule has 0 aromatic heterocycles. The van der Waals surface area contributed by atoms with Crippen LogP contribution in [0.25, 0.3) is 0 Å². The maximum absolute atomic E-state index is 11.7. The summed E-state index contributed by atoms with van der Waals surface area (Å²) in [5.41, 5.74) is 0.687. The number of esters is 1. The van der Waals surface area contributed by atoms with Crippen molar-refractivity contribution in [1.82, 2.24) is 0 Å². The second-order valence-corrected chi connectivity index (χ2v) is 3.70. The molecule has 0 fully saturated rings. The first kappa shape index (κ1) is 11.4. The van der Waals surface area contributed by atoms with Gasteiger partial charge in [-0.2, -0.15) is 4.99 Å². The molecule has 2 rings (SSSR count). The minimum absolute atomic E-state index is 0.184. The van der Waals surface area contributed by atoms with Gasteiger partial charge in [-0.1, -0.05) is 18.2 Å². The number of rotatable bonds is 3. The Bertz CT molecular complexity index is 472. The van der Waals surface area contributed by atoms with Gasteiger partial charge in [0, 0.05) is 6.42 Å². The van der Waals surface area contributed by atoms with E-state index in [1.54, 1.807) is 18.2 Å². The topological polar surface area (TPSA) is 68.1 Å². The second kappa shape index (κ2) is 4.86. The van der Waals surface area contributed by atoms with Gasteiger partial charge in [0.2, 0.25) is 0 Å². The fourth-order valence-electron chi connectivity index (χ4n) is 1.65. The summed E-state index contributed by atoms with van der Waals surface area (Å²) >= 11 is 0. The number of nitrogens with zero attached hydrogens (tertiary/aromatic N) is 2. The lowest BCUT2D eigenvalue weighted by molar-refractivity contribution is -0.140. The first-order chi connectivity index (χ1) is 8.20. The van der Waals surface area contributed by atoms with Gasteiger partial charge in [0.1, 0.15) is 11.8 Å². The smallest absolute Gasteiger partial charge is 0.305 e. The van der Waals surface area contributed by atoms with Gasteiger partial charge in [-0.05, 0) is 6.08 Å². The number of ether oxygens (including phenoxy) is 1. The molecule has 1 amide bonds. The van der Waals surface area contributed by atoms with Crippen molar-refractivity contribution < 1.29 is 14.3 Å². The molecule has 5 nitrogen and oxygen atoms in total. The van der Waals surface area contributed by atoms with Crippen LogP contribution in [0.3, 0.4) is 0 Å². The van der Waals surface area contributed by atoms with Gasteiger partial charge in [0.25, 0.3) is 5.91 Å². The molecule has 1 aliphatic heterocycles. The number of carbonyl (C=O) groups is 2. The van der Waals surface area contributed by atoms with Gasteiger partial charge in [-0.15, -0.1) is 0 Å². The summed E-state index contributed by atoms with van der Waals surface area (Å²) in [6, 6.07) is 0. The standard InChI is InChI=1S/C12H12N2O3/c1-17-11(15)7-6-10-13-9-5-3-2-4-8(9)12(16)14-10/h2-5,8H,6-7H2,1H3. The van der Waals surface area contributed by atoms with Gasteiger partial charge in [-0.25, -0.2) is 4.99 Å². The highest BCUT2D eigenvalue weighted by atomic mass is 16.5. The lowest BCUT2D eigenvalue weighted by Crippen LogP contribution is -2.27. The molecule has 0 N–H and O–H groups in total. The van der Waals surface area contributed by atoms with Crippen LogP contribution >= 0.6 is 0 Å². The van der Waals surface area contributed by atoms with Crippen molar-refractivity contribution >= 4 is 23.4 Å². The molecule has 88 valence electrons. The summed E-state index contributed by atoms with van der Waals surface area (Å²) in [6.07, 6.45) is 7.69. The highest BCUT2D eigenvalue weighted by molar-refractivity contribution is 6.21. The van der Waals surface area contributed by atoms with Crippen molar-refractivity contribution in [3.8, 4) is 0 Å². The van der Waals surface area contributed by atoms with E-state index in [0.717, 1.165) is 0 Å². The van der Waals surface area contributed by atoms with Crippen molar-refractivity contribution in [2.24, 2.45) is 15.9 Å². The first-order valence-corrected chi connectivity index (χ1v) is 5.32. The molecule has 17 heavy (non-hydrogen) atoms. The number of hydrogen-bond donors (Lipinski definition) is 0. The van der Waals surface area contributed by atoms with E-state index in [1.807, 2.05) is 6.08 Å². The van der Waals surface area contributed by atoms with Crippen LogP contribution < -0.4 is 0 Å². The molecular formula is C12H12N2O3. The van der Waals surface area contributed by atoms with E-state index < -0.39 is 0 Å². The van der Waals surface area contributed by atoms with Crippen molar-refractivity contribution in [3.63, 3.8) is 0 Å². The van der Waals surface area contributed by atoms with E-state index in [1.165, 1.54) is 7.11 Å². The molecule has 1 unspecified atom stereocenters. The largest absolute Gasteiger partial charge is 0.469 e. The average Bonchev–Trinajstić information content (AvgIpc) is 2.36. The molecule has 1 aliphatic carbocycles. The Morgan fingerprint density at radius 3 is 3.00 bits per heavy atom. The van der Waals surface area contributed by atoms with E-state index in [-0.39, 0.29) is 24.2 Å². The van der Waals surface area contributed by atoms with Crippen LogP contribution in [0.15, 0.2) is 34.3 Å². The number of amides is 1. The second-order valence-electron chi connectivity index (χ2n) is 3.70. The summed E-state index contributed by atoms with van der Waals surface area (Å²) in [5, 5.41) is 0. The Kier molecular flexibility index (Phi) is 3.27. The third-order valence-electron chi connectivity index (χ3n) is 2.54. The normalized spacial score (nSPS) is 21.7. The molecule has 0 spiro atoms. The van der Waals surface area contributed by atoms with Gasteiger partial charge >= 0.3 is 5.97 Å². The number of methoxy groups -OCH3 is 1. The lowest BCUT2D eigenvalue weighted by Gasteiger charge is -2.17. The molecule has 1 atom stereocenters. The fourth-order valence-corrected chi connectivity index (χ4v) is 1.65. The SMILES string of the molecule is COC(=O)CCC1=NC(=O)C2C=CC=CC2=N1. The van der Waals surface area contributed by atoms with Gasteiger partial charge < -0.3 is 4.74 Å². The molecule has 2 aliphatic rings. The van der Waals surface area contributed by atoms with Crippen LogP contribution in [0, 0.1) is 5.92 Å². The molecule has 0 saturated heterocycles. The highest BCUT2D eigenvalue weighted by Gasteiger charge is 2.26. The third kappa shape index (κ3) is 2.55. The van der Waals surface area contributed by atoms with Crippen LogP contribution in [0.5, 0.6) is 0 Å². The van der Waals surface area contributed by atoms with E-state index in [0.29, 0.717) is 18.0 Å². The van der Waals surface area contributed by atoms with Crippen LogP contribution in [0.4, 0.5) is 0 Å². The Hall–Kier alpha value is -2.04. The predicted molar refractivity (Wildman–Crippen MR) is 62.9 cm³/mol. The quantitative estimate of drug-likeness (QED) is 0.683. The summed E-state index contributed by atoms with van der Waals surface area (Å²) in [7, 11) is 1.33. The number of amidine groups is 1. The molecule has 0 saturated carbocycles. The minimum Gasteiger partial charge on any atom is -0.469 e. The molecule has 0 aromatic rings. The van der Waals surface area contributed by atoms with Crippen LogP contribution in [0.1, 0.15) is 12.8 Å². The van der Waals surface area contributed by atoms with Gasteiger partial charge in [-0.3, -0.25) is 9.59 Å². The predicted octanol–water partition coefficient (Wildman–Crippen LogP) is 1.06. The zero-order valence-electron chi connectivity index (χ0n) is 9.42. The monoisotopic (exact) mass is 232 g/mol. The number of carbonyl (C=O) groups excluding carboxylic acids is 2. The zero-order valence-corrected chi connectivity index (χ0v) is 9.42. The summed E-state index contributed by atoms with van der Waals surface area (Å²) in [5.74, 6) is -0.523.